The zero-order valence-corrected chi connectivity index (χ0v) is 11.2. The predicted molar refractivity (Wildman–Crippen MR) is 72.3 cm³/mol. The first-order chi connectivity index (χ1) is 8.56. The highest BCUT2D eigenvalue weighted by atomic mass is 35.5. The molecule has 2 amide bonds. The minimum Gasteiger partial charge on any atom is -0.393 e. The number of hydrogen-bond acceptors (Lipinski definition) is 2. The topological polar surface area (TPSA) is 52.6 Å². The quantitative estimate of drug-likeness (QED) is 0.835. The molecule has 0 saturated carbocycles. The normalized spacial score (nSPS) is 16.7. The number of anilines is 1. The molecule has 2 rings (SSSR count). The second kappa shape index (κ2) is 5.78. The van der Waals surface area contributed by atoms with Gasteiger partial charge in [0, 0.05) is 18.8 Å². The van der Waals surface area contributed by atoms with E-state index in [2.05, 4.69) is 5.32 Å². The number of carbonyl (C=O) groups excluding carboxylic acids is 1. The predicted octanol–water partition coefficient (Wildman–Crippen LogP) is 2.98. The van der Waals surface area contributed by atoms with Crippen LogP contribution >= 0.6 is 23.2 Å². The van der Waals surface area contributed by atoms with E-state index in [9.17, 15) is 9.90 Å². The molecule has 1 fully saturated rings. The maximum Gasteiger partial charge on any atom is 0.321 e. The highest BCUT2D eigenvalue weighted by Crippen LogP contribution is 2.25. The van der Waals surface area contributed by atoms with Gasteiger partial charge in [0.25, 0.3) is 0 Å². The Kier molecular flexibility index (Phi) is 4.32. The SMILES string of the molecule is O=C(Nc1ccc(Cl)c(Cl)c1)N1CCC(O)CC1. The number of aliphatic hydroxyl groups is 1. The van der Waals surface area contributed by atoms with Crippen LogP contribution in [0, 0.1) is 0 Å². The molecule has 1 aliphatic heterocycles. The summed E-state index contributed by atoms with van der Waals surface area (Å²) in [5, 5.41) is 13.0. The molecule has 6 heteroatoms. The Hall–Kier alpha value is -0.970. The number of amides is 2. The number of urea groups is 1. The van der Waals surface area contributed by atoms with Crippen molar-refractivity contribution in [2.24, 2.45) is 0 Å². The van der Waals surface area contributed by atoms with Gasteiger partial charge in [-0.2, -0.15) is 0 Å². The van der Waals surface area contributed by atoms with Crippen molar-refractivity contribution >= 4 is 34.9 Å². The van der Waals surface area contributed by atoms with E-state index in [0.29, 0.717) is 41.7 Å². The van der Waals surface area contributed by atoms with Crippen LogP contribution in [-0.4, -0.2) is 35.2 Å². The van der Waals surface area contributed by atoms with Gasteiger partial charge in [-0.15, -0.1) is 0 Å². The van der Waals surface area contributed by atoms with E-state index in [1.807, 2.05) is 0 Å². The third-order valence-electron chi connectivity index (χ3n) is 2.92. The molecule has 2 N–H and O–H groups in total. The van der Waals surface area contributed by atoms with Gasteiger partial charge in [0.2, 0.25) is 0 Å². The standard InChI is InChI=1S/C12H14Cl2N2O2/c13-10-2-1-8(7-11(10)14)15-12(18)16-5-3-9(17)4-6-16/h1-2,7,9,17H,3-6H2,(H,15,18). The van der Waals surface area contributed by atoms with E-state index in [1.54, 1.807) is 23.1 Å². The fraction of sp³-hybridized carbons (Fsp3) is 0.417. The number of halogens is 2. The monoisotopic (exact) mass is 288 g/mol. The molecule has 0 aliphatic carbocycles. The summed E-state index contributed by atoms with van der Waals surface area (Å²) in [4.78, 5) is 13.6. The van der Waals surface area contributed by atoms with E-state index in [-0.39, 0.29) is 12.1 Å². The number of nitrogens with one attached hydrogen (secondary N) is 1. The van der Waals surface area contributed by atoms with E-state index < -0.39 is 0 Å². The Labute approximate surface area is 115 Å². The van der Waals surface area contributed by atoms with Crippen LogP contribution < -0.4 is 5.32 Å². The first kappa shape index (κ1) is 13.5. The van der Waals surface area contributed by atoms with Crippen LogP contribution in [0.2, 0.25) is 10.0 Å². The molecule has 0 aromatic heterocycles. The highest BCUT2D eigenvalue weighted by molar-refractivity contribution is 6.42. The zero-order valence-electron chi connectivity index (χ0n) is 9.70. The Bertz CT molecular complexity index is 446. The Morgan fingerprint density at radius 1 is 1.28 bits per heavy atom. The van der Waals surface area contributed by atoms with Gasteiger partial charge >= 0.3 is 6.03 Å². The van der Waals surface area contributed by atoms with Crippen molar-refractivity contribution in [2.75, 3.05) is 18.4 Å². The van der Waals surface area contributed by atoms with Crippen LogP contribution in [0.3, 0.4) is 0 Å². The Balaban J connectivity index is 1.96. The summed E-state index contributed by atoms with van der Waals surface area (Å²) in [5.41, 5.74) is 0.612. The summed E-state index contributed by atoms with van der Waals surface area (Å²) >= 11 is 11.7. The maximum absolute atomic E-state index is 11.9. The first-order valence-electron chi connectivity index (χ1n) is 5.75. The van der Waals surface area contributed by atoms with Crippen LogP contribution in [0.15, 0.2) is 18.2 Å². The van der Waals surface area contributed by atoms with E-state index >= 15 is 0 Å². The molecule has 1 saturated heterocycles. The number of piperidine rings is 1. The molecule has 98 valence electrons. The fourth-order valence-corrected chi connectivity index (χ4v) is 2.14. The molecular formula is C12H14Cl2N2O2. The van der Waals surface area contributed by atoms with Crippen LogP contribution in [0.5, 0.6) is 0 Å². The van der Waals surface area contributed by atoms with E-state index in [4.69, 9.17) is 23.2 Å². The Morgan fingerprint density at radius 3 is 2.56 bits per heavy atom. The number of likely N-dealkylation sites (tertiary alicyclic amines) is 1. The van der Waals surface area contributed by atoms with Crippen molar-refractivity contribution in [1.82, 2.24) is 4.90 Å². The molecule has 0 bridgehead atoms. The van der Waals surface area contributed by atoms with Crippen LogP contribution in [0.1, 0.15) is 12.8 Å². The molecule has 1 aromatic rings. The zero-order chi connectivity index (χ0) is 13.1. The van der Waals surface area contributed by atoms with Gasteiger partial charge in [0.05, 0.1) is 16.1 Å². The molecule has 1 aromatic carbocycles. The maximum atomic E-state index is 11.9. The average molecular weight is 289 g/mol. The lowest BCUT2D eigenvalue weighted by Crippen LogP contribution is -2.42. The van der Waals surface area contributed by atoms with Gasteiger partial charge in [0.1, 0.15) is 0 Å². The fourth-order valence-electron chi connectivity index (χ4n) is 1.85. The van der Waals surface area contributed by atoms with Crippen molar-refractivity contribution < 1.29 is 9.90 Å². The highest BCUT2D eigenvalue weighted by Gasteiger charge is 2.21. The number of hydrogen-bond donors (Lipinski definition) is 2. The number of benzene rings is 1. The molecule has 1 heterocycles. The Morgan fingerprint density at radius 2 is 1.94 bits per heavy atom. The number of carbonyl (C=O) groups is 1. The molecule has 0 radical (unpaired) electrons. The number of nitrogens with zero attached hydrogens (tertiary/aromatic N) is 1. The lowest BCUT2D eigenvalue weighted by molar-refractivity contribution is 0.0972. The van der Waals surface area contributed by atoms with Crippen molar-refractivity contribution in [3.8, 4) is 0 Å². The number of rotatable bonds is 1. The number of aliphatic hydroxyl groups excluding tert-OH is 1. The smallest absolute Gasteiger partial charge is 0.321 e. The molecule has 0 spiro atoms. The molecule has 1 aliphatic rings. The van der Waals surface area contributed by atoms with Gasteiger partial charge < -0.3 is 15.3 Å². The van der Waals surface area contributed by atoms with Crippen LogP contribution in [0.4, 0.5) is 10.5 Å². The van der Waals surface area contributed by atoms with Gasteiger partial charge in [-0.05, 0) is 31.0 Å². The second-order valence-corrected chi connectivity index (χ2v) is 5.09. The van der Waals surface area contributed by atoms with Crippen molar-refractivity contribution in [1.29, 1.82) is 0 Å². The van der Waals surface area contributed by atoms with E-state index in [0.717, 1.165) is 0 Å². The van der Waals surface area contributed by atoms with Gasteiger partial charge in [-0.3, -0.25) is 0 Å². The summed E-state index contributed by atoms with van der Waals surface area (Å²) in [6.45, 7) is 1.13. The van der Waals surface area contributed by atoms with Crippen molar-refractivity contribution in [3.63, 3.8) is 0 Å². The minimum atomic E-state index is -0.293. The third-order valence-corrected chi connectivity index (χ3v) is 3.66. The van der Waals surface area contributed by atoms with Crippen molar-refractivity contribution in [2.45, 2.75) is 18.9 Å². The largest absolute Gasteiger partial charge is 0.393 e. The first-order valence-corrected chi connectivity index (χ1v) is 6.51. The van der Waals surface area contributed by atoms with Crippen molar-refractivity contribution in [3.05, 3.63) is 28.2 Å². The summed E-state index contributed by atoms with van der Waals surface area (Å²) in [7, 11) is 0. The average Bonchev–Trinajstić information content (AvgIpc) is 2.34. The minimum absolute atomic E-state index is 0.180. The third kappa shape index (κ3) is 3.28. The summed E-state index contributed by atoms with van der Waals surface area (Å²) in [6, 6.07) is 4.77. The summed E-state index contributed by atoms with van der Waals surface area (Å²) in [6.07, 6.45) is 0.947. The summed E-state index contributed by atoms with van der Waals surface area (Å²) < 4.78 is 0. The molecule has 4 nitrogen and oxygen atoms in total. The molecular weight excluding hydrogens is 275 g/mol. The molecule has 18 heavy (non-hydrogen) atoms. The van der Waals surface area contributed by atoms with Gasteiger partial charge in [-0.25, -0.2) is 4.79 Å². The molecule has 0 unspecified atom stereocenters. The lowest BCUT2D eigenvalue weighted by atomic mass is 10.1. The van der Waals surface area contributed by atoms with Gasteiger partial charge in [-0.1, -0.05) is 23.2 Å². The lowest BCUT2D eigenvalue weighted by Gasteiger charge is -2.29. The summed E-state index contributed by atoms with van der Waals surface area (Å²) in [5.74, 6) is 0. The van der Waals surface area contributed by atoms with Crippen LogP contribution in [-0.2, 0) is 0 Å². The molecule has 0 atom stereocenters. The van der Waals surface area contributed by atoms with E-state index in [1.165, 1.54) is 0 Å². The van der Waals surface area contributed by atoms with Crippen LogP contribution in [0.25, 0.3) is 0 Å². The second-order valence-electron chi connectivity index (χ2n) is 4.28. The van der Waals surface area contributed by atoms with Gasteiger partial charge in [0.15, 0.2) is 0 Å².